The van der Waals surface area contributed by atoms with E-state index in [0.29, 0.717) is 5.88 Å². The molecule has 0 spiro atoms. The summed E-state index contributed by atoms with van der Waals surface area (Å²) in [6.45, 7) is 2.57. The van der Waals surface area contributed by atoms with Crippen molar-refractivity contribution in [2.24, 2.45) is 0 Å². The van der Waals surface area contributed by atoms with Crippen molar-refractivity contribution in [2.45, 2.75) is 13.0 Å². The Morgan fingerprint density at radius 1 is 1.43 bits per heavy atom. The second kappa shape index (κ2) is 4.67. The second-order valence-corrected chi connectivity index (χ2v) is 3.78. The number of halogens is 1. The van der Waals surface area contributed by atoms with Gasteiger partial charge in [0.25, 0.3) is 0 Å². The van der Waals surface area contributed by atoms with Gasteiger partial charge in [-0.3, -0.25) is 0 Å². The Morgan fingerprint density at radius 3 is 3.21 bits per heavy atom. The zero-order chi connectivity index (χ0) is 9.80. The molecule has 0 radical (unpaired) electrons. The third-order valence-electron chi connectivity index (χ3n) is 2.35. The molecule has 1 aliphatic heterocycles. The van der Waals surface area contributed by atoms with Crippen LogP contribution < -0.4 is 10.1 Å². The lowest BCUT2D eigenvalue weighted by Gasteiger charge is -2.04. The summed E-state index contributed by atoms with van der Waals surface area (Å²) in [7, 11) is 0. The Bertz CT molecular complexity index is 314. The largest absolute Gasteiger partial charge is 0.493 e. The smallest absolute Gasteiger partial charge is 0.122 e. The molecule has 0 bridgehead atoms. The van der Waals surface area contributed by atoms with Crippen LogP contribution in [0.2, 0.25) is 0 Å². The van der Waals surface area contributed by atoms with Gasteiger partial charge in [0.2, 0.25) is 0 Å². The molecule has 0 saturated carbocycles. The van der Waals surface area contributed by atoms with Crippen molar-refractivity contribution in [1.82, 2.24) is 5.32 Å². The maximum absolute atomic E-state index is 5.58. The molecule has 0 amide bonds. The first-order valence-electron chi connectivity index (χ1n) is 4.91. The number of nitrogens with one attached hydrogen (secondary N) is 1. The zero-order valence-corrected chi connectivity index (χ0v) is 8.81. The molecule has 3 heteroatoms. The van der Waals surface area contributed by atoms with Gasteiger partial charge in [-0.25, -0.2) is 0 Å². The highest BCUT2D eigenvalue weighted by Gasteiger charge is 2.11. The first-order valence-corrected chi connectivity index (χ1v) is 5.45. The van der Waals surface area contributed by atoms with Crippen molar-refractivity contribution in [2.75, 3.05) is 19.0 Å². The third kappa shape index (κ3) is 2.20. The molecular weight excluding hydrogens is 198 g/mol. The lowest BCUT2D eigenvalue weighted by molar-refractivity contribution is 0.357. The van der Waals surface area contributed by atoms with Crippen LogP contribution in [0.25, 0.3) is 0 Å². The van der Waals surface area contributed by atoms with Gasteiger partial charge in [-0.1, -0.05) is 12.1 Å². The molecule has 1 aliphatic rings. The number of alkyl halides is 1. The van der Waals surface area contributed by atoms with Crippen molar-refractivity contribution < 1.29 is 4.74 Å². The van der Waals surface area contributed by atoms with Crippen molar-refractivity contribution in [3.63, 3.8) is 0 Å². The molecule has 1 aromatic carbocycles. The van der Waals surface area contributed by atoms with Gasteiger partial charge in [-0.15, -0.1) is 11.6 Å². The molecule has 2 rings (SSSR count). The fourth-order valence-electron chi connectivity index (χ4n) is 1.65. The van der Waals surface area contributed by atoms with Gasteiger partial charge >= 0.3 is 0 Å². The van der Waals surface area contributed by atoms with E-state index in [1.54, 1.807) is 0 Å². The predicted molar refractivity (Wildman–Crippen MR) is 58.1 cm³/mol. The first kappa shape index (κ1) is 9.81. The molecule has 1 heterocycles. The molecule has 0 fully saturated rings. The van der Waals surface area contributed by atoms with Gasteiger partial charge < -0.3 is 10.1 Å². The van der Waals surface area contributed by atoms with Gasteiger partial charge in [0.15, 0.2) is 0 Å². The summed E-state index contributed by atoms with van der Waals surface area (Å²) in [5, 5.41) is 3.27. The minimum atomic E-state index is 0.661. The van der Waals surface area contributed by atoms with E-state index in [-0.39, 0.29) is 0 Å². The Labute approximate surface area is 89.2 Å². The summed E-state index contributed by atoms with van der Waals surface area (Å²) >= 11 is 5.58. The summed E-state index contributed by atoms with van der Waals surface area (Å²) in [6.07, 6.45) is 1.04. The van der Waals surface area contributed by atoms with Gasteiger partial charge in [-0.2, -0.15) is 0 Å². The maximum Gasteiger partial charge on any atom is 0.122 e. The maximum atomic E-state index is 5.58. The number of benzene rings is 1. The van der Waals surface area contributed by atoms with Crippen LogP contribution in [-0.2, 0) is 13.0 Å². The summed E-state index contributed by atoms with van der Waals surface area (Å²) < 4.78 is 5.44. The number of hydrogen-bond donors (Lipinski definition) is 1. The van der Waals surface area contributed by atoms with E-state index in [9.17, 15) is 0 Å². The van der Waals surface area contributed by atoms with Crippen molar-refractivity contribution in [1.29, 1.82) is 0 Å². The quantitative estimate of drug-likeness (QED) is 0.607. The van der Waals surface area contributed by atoms with Crippen LogP contribution in [0.4, 0.5) is 0 Å². The molecule has 14 heavy (non-hydrogen) atoms. The second-order valence-electron chi connectivity index (χ2n) is 3.41. The van der Waals surface area contributed by atoms with E-state index < -0.39 is 0 Å². The Hall–Kier alpha value is -0.730. The topological polar surface area (TPSA) is 21.3 Å². The molecule has 2 nitrogen and oxygen atoms in total. The van der Waals surface area contributed by atoms with Crippen LogP contribution in [0.1, 0.15) is 11.1 Å². The molecule has 1 aromatic rings. The highest BCUT2D eigenvalue weighted by molar-refractivity contribution is 6.18. The molecule has 0 aromatic heterocycles. The Balaban J connectivity index is 1.98. The summed E-state index contributed by atoms with van der Waals surface area (Å²) in [5.74, 6) is 1.71. The normalized spacial score (nSPS) is 13.8. The highest BCUT2D eigenvalue weighted by Crippen LogP contribution is 2.25. The van der Waals surface area contributed by atoms with Crippen molar-refractivity contribution in [3.8, 4) is 5.75 Å². The average molecular weight is 212 g/mol. The molecule has 0 aliphatic carbocycles. The van der Waals surface area contributed by atoms with Crippen LogP contribution in [0.15, 0.2) is 18.2 Å². The summed E-state index contributed by atoms with van der Waals surface area (Å²) in [6, 6.07) is 6.37. The monoisotopic (exact) mass is 211 g/mol. The van der Waals surface area contributed by atoms with E-state index in [2.05, 4.69) is 23.5 Å². The number of fused-ring (bicyclic) bond motifs is 1. The minimum Gasteiger partial charge on any atom is -0.493 e. The standard InChI is InChI=1S/C11H14ClNO/c12-4-5-13-8-9-1-2-11-10(7-9)3-6-14-11/h1-2,7,13H,3-6,8H2. The zero-order valence-electron chi connectivity index (χ0n) is 8.05. The van der Waals surface area contributed by atoms with Gasteiger partial charge in [0, 0.05) is 25.4 Å². The van der Waals surface area contributed by atoms with Crippen LogP contribution in [0.3, 0.4) is 0 Å². The molecular formula is C11H14ClNO. The fourth-order valence-corrected chi connectivity index (χ4v) is 1.78. The number of ether oxygens (including phenoxy) is 1. The molecule has 0 saturated heterocycles. The van der Waals surface area contributed by atoms with Crippen molar-refractivity contribution >= 4 is 11.6 Å². The van der Waals surface area contributed by atoms with Gasteiger partial charge in [-0.05, 0) is 17.2 Å². The number of hydrogen-bond acceptors (Lipinski definition) is 2. The summed E-state index contributed by atoms with van der Waals surface area (Å²) in [4.78, 5) is 0. The molecule has 0 unspecified atom stereocenters. The van der Waals surface area contributed by atoms with Crippen LogP contribution in [0.5, 0.6) is 5.75 Å². The van der Waals surface area contributed by atoms with Gasteiger partial charge in [0.1, 0.15) is 5.75 Å². The molecule has 0 atom stereocenters. The Kier molecular flexibility index (Phi) is 3.27. The lowest BCUT2D eigenvalue weighted by atomic mass is 10.1. The van der Waals surface area contributed by atoms with E-state index >= 15 is 0 Å². The first-order chi connectivity index (χ1) is 6.90. The predicted octanol–water partition coefficient (Wildman–Crippen LogP) is 1.95. The van der Waals surface area contributed by atoms with Crippen molar-refractivity contribution in [3.05, 3.63) is 29.3 Å². The third-order valence-corrected chi connectivity index (χ3v) is 2.54. The highest BCUT2D eigenvalue weighted by atomic mass is 35.5. The number of rotatable bonds is 4. The minimum absolute atomic E-state index is 0.661. The lowest BCUT2D eigenvalue weighted by Crippen LogP contribution is -2.15. The van der Waals surface area contributed by atoms with Crippen LogP contribution in [-0.4, -0.2) is 19.0 Å². The van der Waals surface area contributed by atoms with E-state index in [4.69, 9.17) is 16.3 Å². The summed E-state index contributed by atoms with van der Waals surface area (Å²) in [5.41, 5.74) is 2.63. The average Bonchev–Trinajstić information content (AvgIpc) is 2.65. The van der Waals surface area contributed by atoms with Crippen LogP contribution in [0, 0.1) is 0 Å². The Morgan fingerprint density at radius 2 is 2.36 bits per heavy atom. The van der Waals surface area contributed by atoms with Gasteiger partial charge in [0.05, 0.1) is 6.61 Å². The SMILES string of the molecule is ClCCNCc1ccc2c(c1)CCO2. The fraction of sp³-hybridized carbons (Fsp3) is 0.455. The van der Waals surface area contributed by atoms with E-state index in [0.717, 1.165) is 31.9 Å². The van der Waals surface area contributed by atoms with Crippen LogP contribution >= 0.6 is 11.6 Å². The molecule has 1 N–H and O–H groups in total. The van der Waals surface area contributed by atoms with E-state index in [1.165, 1.54) is 11.1 Å². The molecule has 76 valence electrons. The van der Waals surface area contributed by atoms with E-state index in [1.807, 2.05) is 0 Å².